The zero-order chi connectivity index (χ0) is 10.7. The molecule has 0 aliphatic heterocycles. The lowest BCUT2D eigenvalue weighted by Gasteiger charge is -2.07. The lowest BCUT2D eigenvalue weighted by atomic mass is 10.1. The van der Waals surface area contributed by atoms with Gasteiger partial charge in [0, 0.05) is 28.5 Å². The van der Waals surface area contributed by atoms with Gasteiger partial charge in [-0.15, -0.1) is 12.4 Å². The Labute approximate surface area is 96.5 Å². The first-order valence-electron chi connectivity index (χ1n) is 4.19. The van der Waals surface area contributed by atoms with Crippen molar-refractivity contribution in [1.82, 2.24) is 0 Å². The maximum atomic E-state index is 13.6. The molecule has 1 rings (SSSR count). The third kappa shape index (κ3) is 3.77. The van der Waals surface area contributed by atoms with Crippen molar-refractivity contribution in [3.8, 4) is 0 Å². The summed E-state index contributed by atoms with van der Waals surface area (Å²) in [5.74, 6) is -0.479. The highest BCUT2D eigenvalue weighted by Crippen LogP contribution is 2.24. The van der Waals surface area contributed by atoms with Gasteiger partial charge in [-0.1, -0.05) is 12.1 Å². The summed E-state index contributed by atoms with van der Waals surface area (Å²) in [6.07, 6.45) is 1.42. The summed E-state index contributed by atoms with van der Waals surface area (Å²) in [4.78, 5) is 0. The van der Waals surface area contributed by atoms with Crippen LogP contribution in [-0.2, 0) is 10.6 Å². The van der Waals surface area contributed by atoms with Gasteiger partial charge in [0.15, 0.2) is 5.82 Å². The predicted octanol–water partition coefficient (Wildman–Crippen LogP) is 2.19. The Hall–Kier alpha value is -0.650. The van der Waals surface area contributed by atoms with Gasteiger partial charge in [-0.2, -0.15) is 4.36 Å². The molecule has 0 amide bonds. The van der Waals surface area contributed by atoms with Gasteiger partial charge in [0.2, 0.25) is 0 Å². The molecule has 86 valence electrons. The topological polar surface area (TPSA) is 55.4 Å². The molecule has 6 heteroatoms. The quantitative estimate of drug-likeness (QED) is 0.793. The molecule has 0 heterocycles. The van der Waals surface area contributed by atoms with Crippen molar-refractivity contribution >= 4 is 28.7 Å². The summed E-state index contributed by atoms with van der Waals surface area (Å²) in [7, 11) is -1.73. The molecule has 0 aliphatic rings. The Bertz CT molecular complexity index is 417. The highest BCUT2D eigenvalue weighted by atomic mass is 35.5. The van der Waals surface area contributed by atoms with Crippen LogP contribution in [0.25, 0.3) is 0 Å². The Balaban J connectivity index is 0.00000196. The van der Waals surface area contributed by atoms with E-state index in [1.165, 1.54) is 12.3 Å². The average molecular weight is 253 g/mol. The molecule has 15 heavy (non-hydrogen) atoms. The first-order chi connectivity index (χ1) is 6.52. The molecule has 2 atom stereocenters. The van der Waals surface area contributed by atoms with E-state index in [1.807, 2.05) is 0 Å². The van der Waals surface area contributed by atoms with E-state index in [1.54, 1.807) is 19.1 Å². The third-order valence-corrected chi connectivity index (χ3v) is 2.24. The normalized spacial score (nSPS) is 14.4. The number of thiol groups is 1. The number of halogens is 2. The zero-order valence-electron chi connectivity index (χ0n) is 8.48. The molecule has 0 radical (unpaired) electrons. The molecule has 0 spiro atoms. The Morgan fingerprint density at radius 2 is 2.13 bits per heavy atom. The van der Waals surface area contributed by atoms with Crippen LogP contribution in [0.5, 0.6) is 0 Å². The second-order valence-electron chi connectivity index (χ2n) is 3.03. The lowest BCUT2D eigenvalue weighted by molar-refractivity contribution is 0.596. The minimum Gasteiger partial charge on any atom is -0.324 e. The summed E-state index contributed by atoms with van der Waals surface area (Å²) < 4.78 is 28.1. The van der Waals surface area contributed by atoms with E-state index in [2.05, 4.69) is 4.36 Å². The SMILES string of the molecule is CC(N)c1cccc(N=[SH](C)=O)c1F.Cl. The van der Waals surface area contributed by atoms with Crippen LogP contribution in [0.15, 0.2) is 22.6 Å². The average Bonchev–Trinajstić information content (AvgIpc) is 2.07. The highest BCUT2D eigenvalue weighted by Gasteiger charge is 2.09. The van der Waals surface area contributed by atoms with Crippen LogP contribution in [0, 0.1) is 5.82 Å². The molecule has 0 fully saturated rings. The second kappa shape index (κ2) is 6.05. The summed E-state index contributed by atoms with van der Waals surface area (Å²) in [5.41, 5.74) is 6.07. The highest BCUT2D eigenvalue weighted by molar-refractivity contribution is 7.74. The third-order valence-electron chi connectivity index (χ3n) is 1.75. The number of hydrogen-bond acceptors (Lipinski definition) is 3. The minimum absolute atomic E-state index is 0. The molecule has 1 aromatic rings. The maximum Gasteiger partial charge on any atom is 0.154 e. The van der Waals surface area contributed by atoms with E-state index >= 15 is 0 Å². The van der Waals surface area contributed by atoms with Gasteiger partial charge in [-0.05, 0) is 13.0 Å². The lowest BCUT2D eigenvalue weighted by Crippen LogP contribution is -2.07. The van der Waals surface area contributed by atoms with Gasteiger partial charge >= 0.3 is 0 Å². The van der Waals surface area contributed by atoms with Crippen LogP contribution >= 0.6 is 12.4 Å². The molecular formula is C9H14ClFN2OS. The maximum absolute atomic E-state index is 13.6. The summed E-state index contributed by atoms with van der Waals surface area (Å²) >= 11 is 0. The van der Waals surface area contributed by atoms with E-state index in [0.717, 1.165) is 0 Å². The van der Waals surface area contributed by atoms with Gasteiger partial charge in [0.25, 0.3) is 0 Å². The van der Waals surface area contributed by atoms with Crippen LogP contribution in [-0.4, -0.2) is 10.5 Å². The molecule has 0 aromatic heterocycles. The van der Waals surface area contributed by atoms with Gasteiger partial charge in [0.1, 0.15) is 5.69 Å². The van der Waals surface area contributed by atoms with Crippen molar-refractivity contribution in [2.45, 2.75) is 13.0 Å². The predicted molar refractivity (Wildman–Crippen MR) is 63.8 cm³/mol. The molecule has 0 saturated heterocycles. The van der Waals surface area contributed by atoms with E-state index in [9.17, 15) is 8.60 Å². The monoisotopic (exact) mass is 252 g/mol. The number of hydrogen-bond donors (Lipinski definition) is 2. The Morgan fingerprint density at radius 3 is 2.60 bits per heavy atom. The van der Waals surface area contributed by atoms with E-state index in [0.29, 0.717) is 5.56 Å². The minimum atomic E-state index is -1.73. The van der Waals surface area contributed by atoms with E-state index in [4.69, 9.17) is 5.73 Å². The number of nitrogens with two attached hydrogens (primary N) is 1. The van der Waals surface area contributed by atoms with E-state index in [-0.39, 0.29) is 24.1 Å². The number of nitrogens with zero attached hydrogens (tertiary/aromatic N) is 1. The standard InChI is InChI=1S/C9H13FN2OS.ClH/c1-6(11)7-4-3-5-8(9(7)10)12-14(2)13;/h3-6,14H,11H2,1-2H3;1H. The molecule has 2 N–H and O–H groups in total. The van der Waals surface area contributed by atoms with Crippen LogP contribution in [0.1, 0.15) is 18.5 Å². The summed E-state index contributed by atoms with van der Waals surface area (Å²) in [5, 5.41) is 0. The fourth-order valence-corrected chi connectivity index (χ4v) is 1.58. The van der Waals surface area contributed by atoms with Crippen molar-refractivity contribution in [2.24, 2.45) is 10.1 Å². The smallest absolute Gasteiger partial charge is 0.154 e. The number of rotatable bonds is 2. The molecule has 0 saturated carbocycles. The summed E-state index contributed by atoms with van der Waals surface area (Å²) in [6, 6.07) is 4.35. The molecule has 1 aromatic carbocycles. The van der Waals surface area contributed by atoms with Crippen LogP contribution in [0.2, 0.25) is 0 Å². The van der Waals surface area contributed by atoms with Crippen molar-refractivity contribution in [1.29, 1.82) is 0 Å². The van der Waals surface area contributed by atoms with Crippen molar-refractivity contribution in [3.05, 3.63) is 29.6 Å². The Kier molecular flexibility index (Phi) is 5.79. The fourth-order valence-electron chi connectivity index (χ4n) is 1.12. The molecule has 0 bridgehead atoms. The van der Waals surface area contributed by atoms with E-state index < -0.39 is 16.4 Å². The Morgan fingerprint density at radius 1 is 1.53 bits per heavy atom. The second-order valence-corrected chi connectivity index (χ2v) is 4.16. The van der Waals surface area contributed by atoms with Crippen molar-refractivity contribution in [2.75, 3.05) is 6.26 Å². The van der Waals surface area contributed by atoms with Gasteiger partial charge in [-0.25, -0.2) is 4.39 Å². The van der Waals surface area contributed by atoms with Crippen LogP contribution < -0.4 is 5.73 Å². The van der Waals surface area contributed by atoms with Crippen molar-refractivity contribution < 1.29 is 8.60 Å². The number of benzene rings is 1. The van der Waals surface area contributed by atoms with Gasteiger partial charge in [-0.3, -0.25) is 4.21 Å². The van der Waals surface area contributed by atoms with Crippen molar-refractivity contribution in [3.63, 3.8) is 0 Å². The molecule has 3 nitrogen and oxygen atoms in total. The van der Waals surface area contributed by atoms with Gasteiger partial charge < -0.3 is 5.73 Å². The fraction of sp³-hybridized carbons (Fsp3) is 0.333. The summed E-state index contributed by atoms with van der Waals surface area (Å²) in [6.45, 7) is 1.69. The first-order valence-corrected chi connectivity index (χ1v) is 5.85. The zero-order valence-corrected chi connectivity index (χ0v) is 10.2. The van der Waals surface area contributed by atoms with Gasteiger partial charge in [0.05, 0.1) is 0 Å². The van der Waals surface area contributed by atoms with Crippen LogP contribution in [0.3, 0.4) is 0 Å². The largest absolute Gasteiger partial charge is 0.324 e. The molecular weight excluding hydrogens is 239 g/mol. The molecule has 0 aliphatic carbocycles. The molecule has 2 unspecified atom stereocenters. The van der Waals surface area contributed by atoms with Crippen LogP contribution in [0.4, 0.5) is 10.1 Å². The first kappa shape index (κ1) is 14.3.